The molecule has 1 fully saturated rings. The van der Waals surface area contributed by atoms with Crippen LogP contribution in [0.4, 0.5) is 5.69 Å². The summed E-state index contributed by atoms with van der Waals surface area (Å²) < 4.78 is 0. The van der Waals surface area contributed by atoms with Crippen LogP contribution in [0.2, 0.25) is 0 Å². The van der Waals surface area contributed by atoms with Crippen LogP contribution < -0.4 is 10.6 Å². The molecule has 0 radical (unpaired) electrons. The standard InChI is InChI=1S/C25H27N3O2S/c29-24(19-10-6-11-22(16-19)27-25(30)23-12-7-15-31-23)26-17-20-8-2-3-9-21(20)18-28-13-4-1-5-14-28/h2-3,6-12,15-16H,1,4-5,13-14,17-18H2,(H,26,29)(H,27,30). The molecule has 0 saturated carbocycles. The summed E-state index contributed by atoms with van der Waals surface area (Å²) in [6.45, 7) is 3.69. The Kier molecular flexibility index (Phi) is 7.12. The minimum atomic E-state index is -0.167. The Morgan fingerprint density at radius 2 is 1.68 bits per heavy atom. The summed E-state index contributed by atoms with van der Waals surface area (Å²) in [5, 5.41) is 7.75. The highest BCUT2D eigenvalue weighted by atomic mass is 32.1. The second-order valence-electron chi connectivity index (χ2n) is 7.80. The Balaban J connectivity index is 1.37. The van der Waals surface area contributed by atoms with Crippen LogP contribution in [0.3, 0.4) is 0 Å². The van der Waals surface area contributed by atoms with Gasteiger partial charge in [0.1, 0.15) is 0 Å². The van der Waals surface area contributed by atoms with E-state index in [1.165, 1.54) is 36.2 Å². The number of piperidine rings is 1. The molecule has 6 heteroatoms. The third-order valence-corrected chi connectivity index (χ3v) is 6.40. The minimum absolute atomic E-state index is 0.153. The van der Waals surface area contributed by atoms with E-state index in [-0.39, 0.29) is 11.8 Å². The van der Waals surface area contributed by atoms with Crippen molar-refractivity contribution < 1.29 is 9.59 Å². The van der Waals surface area contributed by atoms with Crippen molar-refractivity contribution in [1.82, 2.24) is 10.2 Å². The van der Waals surface area contributed by atoms with Crippen LogP contribution >= 0.6 is 11.3 Å². The van der Waals surface area contributed by atoms with Crippen LogP contribution in [0.15, 0.2) is 66.0 Å². The SMILES string of the molecule is O=C(NCc1ccccc1CN1CCCCC1)c1cccc(NC(=O)c2cccs2)c1. The van der Waals surface area contributed by atoms with E-state index in [2.05, 4.69) is 33.7 Å². The number of hydrogen-bond acceptors (Lipinski definition) is 4. The third-order valence-electron chi connectivity index (χ3n) is 5.53. The molecule has 4 rings (SSSR count). The number of likely N-dealkylation sites (tertiary alicyclic amines) is 1. The molecule has 5 nitrogen and oxygen atoms in total. The van der Waals surface area contributed by atoms with E-state index in [0.29, 0.717) is 22.7 Å². The maximum Gasteiger partial charge on any atom is 0.265 e. The first kappa shape index (κ1) is 21.3. The van der Waals surface area contributed by atoms with Crippen LogP contribution in [0.5, 0.6) is 0 Å². The predicted molar refractivity (Wildman–Crippen MR) is 125 cm³/mol. The van der Waals surface area contributed by atoms with E-state index in [9.17, 15) is 9.59 Å². The fourth-order valence-corrected chi connectivity index (χ4v) is 4.48. The molecular formula is C25H27N3O2S. The zero-order chi connectivity index (χ0) is 21.5. The number of amides is 2. The highest BCUT2D eigenvalue weighted by Gasteiger charge is 2.14. The molecule has 160 valence electrons. The van der Waals surface area contributed by atoms with Crippen molar-refractivity contribution in [3.63, 3.8) is 0 Å². The first-order valence-corrected chi connectivity index (χ1v) is 11.6. The lowest BCUT2D eigenvalue weighted by Crippen LogP contribution is -2.30. The van der Waals surface area contributed by atoms with Gasteiger partial charge in [-0.15, -0.1) is 11.3 Å². The number of anilines is 1. The molecule has 0 bridgehead atoms. The summed E-state index contributed by atoms with van der Waals surface area (Å²) in [5.74, 6) is -0.320. The minimum Gasteiger partial charge on any atom is -0.348 e. The van der Waals surface area contributed by atoms with Gasteiger partial charge < -0.3 is 10.6 Å². The number of nitrogens with zero attached hydrogens (tertiary/aromatic N) is 1. The van der Waals surface area contributed by atoms with E-state index in [0.717, 1.165) is 25.2 Å². The zero-order valence-electron chi connectivity index (χ0n) is 17.5. The van der Waals surface area contributed by atoms with Crippen molar-refractivity contribution in [3.8, 4) is 0 Å². The van der Waals surface area contributed by atoms with Crippen LogP contribution in [-0.2, 0) is 13.1 Å². The zero-order valence-corrected chi connectivity index (χ0v) is 18.3. The number of benzene rings is 2. The monoisotopic (exact) mass is 433 g/mol. The van der Waals surface area contributed by atoms with Gasteiger partial charge in [0, 0.05) is 24.3 Å². The molecular weight excluding hydrogens is 406 g/mol. The average Bonchev–Trinajstić information content (AvgIpc) is 3.34. The maximum atomic E-state index is 12.8. The maximum absolute atomic E-state index is 12.8. The van der Waals surface area contributed by atoms with Crippen molar-refractivity contribution in [1.29, 1.82) is 0 Å². The average molecular weight is 434 g/mol. The van der Waals surface area contributed by atoms with Crippen LogP contribution in [-0.4, -0.2) is 29.8 Å². The lowest BCUT2D eigenvalue weighted by Gasteiger charge is -2.27. The predicted octanol–water partition coefficient (Wildman–Crippen LogP) is 4.92. The van der Waals surface area contributed by atoms with Crippen LogP contribution in [0.25, 0.3) is 0 Å². The largest absolute Gasteiger partial charge is 0.348 e. The molecule has 0 unspecified atom stereocenters. The fourth-order valence-electron chi connectivity index (χ4n) is 3.86. The third kappa shape index (κ3) is 5.81. The molecule has 0 spiro atoms. The van der Waals surface area contributed by atoms with E-state index >= 15 is 0 Å². The first-order chi connectivity index (χ1) is 15.2. The molecule has 2 amide bonds. The van der Waals surface area contributed by atoms with Crippen molar-refractivity contribution in [3.05, 3.63) is 87.6 Å². The summed E-state index contributed by atoms with van der Waals surface area (Å²) in [6, 6.07) is 19.0. The molecule has 1 saturated heterocycles. The normalized spacial score (nSPS) is 14.2. The fraction of sp³-hybridized carbons (Fsp3) is 0.280. The number of carbonyl (C=O) groups is 2. The van der Waals surface area contributed by atoms with Gasteiger partial charge in [-0.05, 0) is 66.7 Å². The lowest BCUT2D eigenvalue weighted by molar-refractivity contribution is 0.0949. The Morgan fingerprint density at radius 3 is 2.45 bits per heavy atom. The van der Waals surface area contributed by atoms with Gasteiger partial charge in [-0.1, -0.05) is 42.8 Å². The van der Waals surface area contributed by atoms with Crippen molar-refractivity contribution in [2.45, 2.75) is 32.4 Å². The topological polar surface area (TPSA) is 61.4 Å². The van der Waals surface area contributed by atoms with Gasteiger partial charge in [0.05, 0.1) is 4.88 Å². The van der Waals surface area contributed by atoms with E-state index in [4.69, 9.17) is 0 Å². The molecule has 0 aliphatic carbocycles. The Hall–Kier alpha value is -2.96. The number of rotatable bonds is 7. The smallest absolute Gasteiger partial charge is 0.265 e. The lowest BCUT2D eigenvalue weighted by atomic mass is 10.0. The number of hydrogen-bond donors (Lipinski definition) is 2. The number of carbonyl (C=O) groups excluding carboxylic acids is 2. The summed E-state index contributed by atoms with van der Waals surface area (Å²) in [6.07, 6.45) is 3.84. The molecule has 2 heterocycles. The molecule has 2 aromatic carbocycles. The van der Waals surface area contributed by atoms with Crippen molar-refractivity contribution >= 4 is 28.8 Å². The molecule has 2 N–H and O–H groups in total. The Bertz CT molecular complexity index is 1030. The summed E-state index contributed by atoms with van der Waals surface area (Å²) in [4.78, 5) is 28.1. The Labute approximate surface area is 187 Å². The van der Waals surface area contributed by atoms with Crippen molar-refractivity contribution in [2.75, 3.05) is 18.4 Å². The molecule has 1 aliphatic heterocycles. The van der Waals surface area contributed by atoms with Gasteiger partial charge in [0.25, 0.3) is 11.8 Å². The van der Waals surface area contributed by atoms with Gasteiger partial charge in [0.2, 0.25) is 0 Å². The van der Waals surface area contributed by atoms with Crippen LogP contribution in [0, 0.1) is 0 Å². The van der Waals surface area contributed by atoms with Crippen LogP contribution in [0.1, 0.15) is 50.4 Å². The van der Waals surface area contributed by atoms with Gasteiger partial charge in [-0.25, -0.2) is 0 Å². The van der Waals surface area contributed by atoms with E-state index in [1.54, 1.807) is 30.3 Å². The van der Waals surface area contributed by atoms with Gasteiger partial charge in [-0.3, -0.25) is 14.5 Å². The Morgan fingerprint density at radius 1 is 0.871 bits per heavy atom. The molecule has 1 aliphatic rings. The number of nitrogens with one attached hydrogen (secondary N) is 2. The van der Waals surface area contributed by atoms with Gasteiger partial charge in [-0.2, -0.15) is 0 Å². The molecule has 0 atom stereocenters. The van der Waals surface area contributed by atoms with Crippen molar-refractivity contribution in [2.24, 2.45) is 0 Å². The highest BCUT2D eigenvalue weighted by molar-refractivity contribution is 7.12. The molecule has 31 heavy (non-hydrogen) atoms. The number of thiophene rings is 1. The molecule has 3 aromatic rings. The van der Waals surface area contributed by atoms with Gasteiger partial charge in [0.15, 0.2) is 0 Å². The van der Waals surface area contributed by atoms with E-state index < -0.39 is 0 Å². The summed E-state index contributed by atoms with van der Waals surface area (Å²) in [7, 11) is 0. The summed E-state index contributed by atoms with van der Waals surface area (Å²) in [5.41, 5.74) is 3.54. The first-order valence-electron chi connectivity index (χ1n) is 10.7. The summed E-state index contributed by atoms with van der Waals surface area (Å²) >= 11 is 1.39. The highest BCUT2D eigenvalue weighted by Crippen LogP contribution is 2.17. The van der Waals surface area contributed by atoms with Gasteiger partial charge >= 0.3 is 0 Å². The second-order valence-corrected chi connectivity index (χ2v) is 8.75. The van der Waals surface area contributed by atoms with E-state index in [1.807, 2.05) is 17.5 Å². The quantitative estimate of drug-likeness (QED) is 0.556. The second kappa shape index (κ2) is 10.4. The molecule has 1 aromatic heterocycles.